The fourth-order valence-corrected chi connectivity index (χ4v) is 7.47. The fourth-order valence-electron chi connectivity index (χ4n) is 7.47. The van der Waals surface area contributed by atoms with Crippen LogP contribution in [-0.4, -0.2) is 47.4 Å². The SMILES string of the molecule is CCCC/C=C\C/C=C\CCCCCCCC(=O)OCCCCCCCCCCCCCCC(=O)NC(CO)C(O)/C=C/CCCCCCCCCCCCCCC. The van der Waals surface area contributed by atoms with E-state index in [4.69, 9.17) is 4.74 Å². The third kappa shape index (κ3) is 43.7. The molecular weight excluding hydrogens is 719 g/mol. The number of aliphatic hydroxyl groups is 2. The van der Waals surface area contributed by atoms with E-state index in [9.17, 15) is 19.8 Å². The Morgan fingerprint density at radius 3 is 1.36 bits per heavy atom. The van der Waals surface area contributed by atoms with Crippen LogP contribution in [0.4, 0.5) is 0 Å². The largest absolute Gasteiger partial charge is 0.466 e. The third-order valence-electron chi connectivity index (χ3n) is 11.4. The maximum Gasteiger partial charge on any atom is 0.305 e. The van der Waals surface area contributed by atoms with E-state index in [2.05, 4.69) is 43.5 Å². The zero-order chi connectivity index (χ0) is 42.3. The number of allylic oxidation sites excluding steroid dienone is 5. The highest BCUT2D eigenvalue weighted by atomic mass is 16.5. The molecule has 3 N–H and O–H groups in total. The summed E-state index contributed by atoms with van der Waals surface area (Å²) in [6.07, 6.45) is 57.0. The van der Waals surface area contributed by atoms with E-state index in [1.54, 1.807) is 6.08 Å². The van der Waals surface area contributed by atoms with Crippen molar-refractivity contribution in [3.8, 4) is 0 Å². The molecule has 0 heterocycles. The molecule has 2 unspecified atom stereocenters. The average molecular weight is 816 g/mol. The number of hydrogen-bond acceptors (Lipinski definition) is 5. The second-order valence-corrected chi connectivity index (χ2v) is 17.1. The maximum atomic E-state index is 12.4. The van der Waals surface area contributed by atoms with Gasteiger partial charge < -0.3 is 20.3 Å². The third-order valence-corrected chi connectivity index (χ3v) is 11.4. The van der Waals surface area contributed by atoms with Crippen molar-refractivity contribution in [2.75, 3.05) is 13.2 Å². The number of amides is 1. The molecule has 2 atom stereocenters. The van der Waals surface area contributed by atoms with Crippen LogP contribution in [-0.2, 0) is 14.3 Å². The lowest BCUT2D eigenvalue weighted by Crippen LogP contribution is -2.45. The zero-order valence-corrected chi connectivity index (χ0v) is 38.5. The monoisotopic (exact) mass is 816 g/mol. The predicted octanol–water partition coefficient (Wildman–Crippen LogP) is 14.9. The topological polar surface area (TPSA) is 95.9 Å². The van der Waals surface area contributed by atoms with Gasteiger partial charge >= 0.3 is 5.97 Å². The highest BCUT2D eigenvalue weighted by molar-refractivity contribution is 5.76. The first-order valence-corrected chi connectivity index (χ1v) is 25.3. The summed E-state index contributed by atoms with van der Waals surface area (Å²) in [6, 6.07) is -0.640. The van der Waals surface area contributed by atoms with Crippen LogP contribution in [0, 0.1) is 0 Å². The first kappa shape index (κ1) is 56.1. The van der Waals surface area contributed by atoms with Crippen molar-refractivity contribution in [1.29, 1.82) is 0 Å². The van der Waals surface area contributed by atoms with Crippen molar-refractivity contribution in [3.63, 3.8) is 0 Å². The first-order valence-electron chi connectivity index (χ1n) is 25.3. The zero-order valence-electron chi connectivity index (χ0n) is 38.5. The molecule has 6 heteroatoms. The molecule has 0 aliphatic rings. The summed E-state index contributed by atoms with van der Waals surface area (Å²) >= 11 is 0. The number of rotatable bonds is 46. The van der Waals surface area contributed by atoms with Gasteiger partial charge in [0.05, 0.1) is 25.4 Å². The van der Waals surface area contributed by atoms with E-state index in [1.807, 2.05) is 6.08 Å². The van der Waals surface area contributed by atoms with Crippen LogP contribution < -0.4 is 5.32 Å². The molecule has 0 aliphatic heterocycles. The number of unbranched alkanes of at least 4 members (excludes halogenated alkanes) is 31. The lowest BCUT2D eigenvalue weighted by Gasteiger charge is -2.20. The van der Waals surface area contributed by atoms with E-state index in [0.717, 1.165) is 70.6 Å². The molecule has 340 valence electrons. The minimum Gasteiger partial charge on any atom is -0.466 e. The molecule has 1 amide bonds. The normalized spacial score (nSPS) is 13.0. The second-order valence-electron chi connectivity index (χ2n) is 17.1. The quantitative estimate of drug-likeness (QED) is 0.0323. The summed E-state index contributed by atoms with van der Waals surface area (Å²) in [4.78, 5) is 24.4. The molecule has 0 saturated carbocycles. The van der Waals surface area contributed by atoms with Gasteiger partial charge in [0.2, 0.25) is 5.91 Å². The van der Waals surface area contributed by atoms with Crippen molar-refractivity contribution in [2.24, 2.45) is 0 Å². The second kappa shape index (κ2) is 47.8. The Kier molecular flexibility index (Phi) is 46.2. The summed E-state index contributed by atoms with van der Waals surface area (Å²) in [7, 11) is 0. The number of esters is 1. The van der Waals surface area contributed by atoms with Gasteiger partial charge in [0.15, 0.2) is 0 Å². The molecule has 0 bridgehead atoms. The Hall–Kier alpha value is -1.92. The summed E-state index contributed by atoms with van der Waals surface area (Å²) in [6.45, 7) is 4.81. The van der Waals surface area contributed by atoms with Gasteiger partial charge in [-0.3, -0.25) is 9.59 Å². The summed E-state index contributed by atoms with van der Waals surface area (Å²) in [5.74, 6) is -0.111. The van der Waals surface area contributed by atoms with Gasteiger partial charge in [-0.1, -0.05) is 224 Å². The molecule has 0 aliphatic carbocycles. The van der Waals surface area contributed by atoms with Crippen molar-refractivity contribution >= 4 is 11.9 Å². The van der Waals surface area contributed by atoms with Gasteiger partial charge in [-0.2, -0.15) is 0 Å². The molecule has 58 heavy (non-hydrogen) atoms. The lowest BCUT2D eigenvalue weighted by atomic mass is 10.0. The van der Waals surface area contributed by atoms with Crippen molar-refractivity contribution < 1.29 is 24.5 Å². The fraction of sp³-hybridized carbons (Fsp3) is 0.846. The number of ether oxygens (including phenoxy) is 1. The number of aliphatic hydroxyl groups excluding tert-OH is 2. The van der Waals surface area contributed by atoms with Gasteiger partial charge in [-0.25, -0.2) is 0 Å². The maximum absolute atomic E-state index is 12.4. The van der Waals surface area contributed by atoms with E-state index in [-0.39, 0.29) is 18.5 Å². The van der Waals surface area contributed by atoms with Crippen molar-refractivity contribution in [1.82, 2.24) is 5.32 Å². The molecule has 6 nitrogen and oxygen atoms in total. The van der Waals surface area contributed by atoms with E-state index in [1.165, 1.54) is 161 Å². The highest BCUT2D eigenvalue weighted by Gasteiger charge is 2.18. The minimum absolute atomic E-state index is 0.0260. The predicted molar refractivity (Wildman–Crippen MR) is 250 cm³/mol. The van der Waals surface area contributed by atoms with Gasteiger partial charge in [0.1, 0.15) is 0 Å². The summed E-state index contributed by atoms with van der Waals surface area (Å²) in [5, 5.41) is 23.0. The standard InChI is InChI=1S/C52H97NO5/c1-3-5-7-9-11-13-15-17-19-20-24-28-32-36-40-44-50(55)49(48-54)53-51(56)45-41-37-33-29-25-22-23-27-31-35-39-43-47-58-52(57)46-42-38-34-30-26-21-18-16-14-12-10-8-6-4-2/h10,12,16,18,40,44,49-50,54-55H,3-9,11,13-15,17,19-39,41-43,45-48H2,1-2H3,(H,53,56)/b12-10-,18-16-,44-40+. The van der Waals surface area contributed by atoms with Crippen LogP contribution in [0.2, 0.25) is 0 Å². The average Bonchev–Trinajstić information content (AvgIpc) is 3.22. The number of carbonyl (C=O) groups is 2. The van der Waals surface area contributed by atoms with Crippen LogP contribution in [0.15, 0.2) is 36.5 Å². The van der Waals surface area contributed by atoms with Gasteiger partial charge in [0.25, 0.3) is 0 Å². The Labute approximate surface area is 360 Å². The lowest BCUT2D eigenvalue weighted by molar-refractivity contribution is -0.143. The van der Waals surface area contributed by atoms with Crippen LogP contribution in [0.5, 0.6) is 0 Å². The number of hydrogen-bond donors (Lipinski definition) is 3. The molecule has 0 saturated heterocycles. The summed E-state index contributed by atoms with van der Waals surface area (Å²) < 4.78 is 5.45. The van der Waals surface area contributed by atoms with Crippen LogP contribution in [0.3, 0.4) is 0 Å². The molecule has 0 fully saturated rings. The van der Waals surface area contributed by atoms with Crippen molar-refractivity contribution in [3.05, 3.63) is 36.5 Å². The molecule has 0 aromatic carbocycles. The van der Waals surface area contributed by atoms with Gasteiger partial charge in [0, 0.05) is 12.8 Å². The van der Waals surface area contributed by atoms with Gasteiger partial charge in [-0.15, -0.1) is 0 Å². The Morgan fingerprint density at radius 2 is 0.879 bits per heavy atom. The Balaban J connectivity index is 3.52. The highest BCUT2D eigenvalue weighted by Crippen LogP contribution is 2.15. The number of nitrogens with one attached hydrogen (secondary N) is 1. The molecule has 0 spiro atoms. The van der Waals surface area contributed by atoms with Crippen LogP contribution >= 0.6 is 0 Å². The summed E-state index contributed by atoms with van der Waals surface area (Å²) in [5.41, 5.74) is 0. The van der Waals surface area contributed by atoms with Crippen LogP contribution in [0.25, 0.3) is 0 Å². The van der Waals surface area contributed by atoms with E-state index in [0.29, 0.717) is 19.4 Å². The first-order chi connectivity index (χ1) is 28.5. The molecule has 0 aromatic rings. The number of carbonyl (C=O) groups excluding carboxylic acids is 2. The van der Waals surface area contributed by atoms with Crippen molar-refractivity contribution in [2.45, 2.75) is 270 Å². The Morgan fingerprint density at radius 1 is 0.483 bits per heavy atom. The molecule has 0 radical (unpaired) electrons. The van der Waals surface area contributed by atoms with E-state index < -0.39 is 12.1 Å². The molecule has 0 aromatic heterocycles. The molecule has 0 rings (SSSR count). The van der Waals surface area contributed by atoms with Gasteiger partial charge in [-0.05, 0) is 57.8 Å². The van der Waals surface area contributed by atoms with E-state index >= 15 is 0 Å². The Bertz CT molecular complexity index is 946. The molecular formula is C52H97NO5. The smallest absolute Gasteiger partial charge is 0.305 e. The van der Waals surface area contributed by atoms with Crippen LogP contribution in [0.1, 0.15) is 258 Å². The minimum atomic E-state index is -0.855.